The Labute approximate surface area is 112 Å². The monoisotopic (exact) mass is 269 g/mol. The Morgan fingerprint density at radius 3 is 2.74 bits per heavy atom. The van der Waals surface area contributed by atoms with Gasteiger partial charge >= 0.3 is 0 Å². The molecular weight excluding hydrogens is 249 g/mol. The van der Waals surface area contributed by atoms with Crippen LogP contribution < -0.4 is 21.1 Å². The highest BCUT2D eigenvalue weighted by Gasteiger charge is 2.15. The highest BCUT2D eigenvalue weighted by Crippen LogP contribution is 2.28. The molecule has 1 aromatic rings. The fourth-order valence-corrected chi connectivity index (χ4v) is 1.59. The van der Waals surface area contributed by atoms with Crippen molar-refractivity contribution in [3.8, 4) is 5.75 Å². The van der Waals surface area contributed by atoms with Gasteiger partial charge in [0.25, 0.3) is 0 Å². The molecule has 0 bridgehead atoms. The van der Waals surface area contributed by atoms with Crippen LogP contribution in [0, 0.1) is 5.82 Å². The highest BCUT2D eigenvalue weighted by atomic mass is 19.1. The molecule has 6 heteroatoms. The Balaban J connectivity index is 2.88. The molecule has 1 amide bonds. The van der Waals surface area contributed by atoms with Crippen molar-refractivity contribution >= 4 is 17.3 Å². The number of nitrogens with one attached hydrogen (secondary N) is 2. The van der Waals surface area contributed by atoms with Crippen molar-refractivity contribution in [3.05, 3.63) is 17.9 Å². The summed E-state index contributed by atoms with van der Waals surface area (Å²) in [7, 11) is 0. The van der Waals surface area contributed by atoms with E-state index >= 15 is 0 Å². The molecule has 1 aromatic carbocycles. The minimum absolute atomic E-state index is 0.113. The summed E-state index contributed by atoms with van der Waals surface area (Å²) in [6.07, 6.45) is 0. The van der Waals surface area contributed by atoms with Gasteiger partial charge in [-0.05, 0) is 20.8 Å². The number of carbonyl (C=O) groups excluding carboxylic acids is 1. The SMILES string of the molecule is CCNC(=O)C(C)Nc1cc(OCC)c(F)cc1N. The summed E-state index contributed by atoms with van der Waals surface area (Å²) >= 11 is 0. The summed E-state index contributed by atoms with van der Waals surface area (Å²) in [5.41, 5.74) is 6.43. The highest BCUT2D eigenvalue weighted by molar-refractivity contribution is 5.85. The normalized spacial score (nSPS) is 11.8. The average Bonchev–Trinajstić information content (AvgIpc) is 2.35. The molecule has 0 aliphatic rings. The zero-order chi connectivity index (χ0) is 14.4. The Kier molecular flexibility index (Phi) is 5.41. The van der Waals surface area contributed by atoms with E-state index < -0.39 is 11.9 Å². The molecule has 0 saturated heterocycles. The lowest BCUT2D eigenvalue weighted by Crippen LogP contribution is -2.37. The quantitative estimate of drug-likeness (QED) is 0.688. The van der Waals surface area contributed by atoms with E-state index in [1.165, 1.54) is 12.1 Å². The van der Waals surface area contributed by atoms with Crippen molar-refractivity contribution in [3.63, 3.8) is 0 Å². The average molecular weight is 269 g/mol. The van der Waals surface area contributed by atoms with Gasteiger partial charge < -0.3 is 21.1 Å². The first-order valence-electron chi connectivity index (χ1n) is 6.25. The number of rotatable bonds is 6. The van der Waals surface area contributed by atoms with Gasteiger partial charge in [0, 0.05) is 18.7 Å². The maximum absolute atomic E-state index is 13.5. The maximum atomic E-state index is 13.5. The largest absolute Gasteiger partial charge is 0.491 e. The molecule has 5 nitrogen and oxygen atoms in total. The van der Waals surface area contributed by atoms with Crippen LogP contribution in [0.4, 0.5) is 15.8 Å². The van der Waals surface area contributed by atoms with Gasteiger partial charge in [0.1, 0.15) is 6.04 Å². The van der Waals surface area contributed by atoms with Gasteiger partial charge in [0.15, 0.2) is 11.6 Å². The van der Waals surface area contributed by atoms with E-state index in [1.54, 1.807) is 13.8 Å². The van der Waals surface area contributed by atoms with Crippen LogP contribution >= 0.6 is 0 Å². The maximum Gasteiger partial charge on any atom is 0.242 e. The van der Waals surface area contributed by atoms with Gasteiger partial charge in [-0.25, -0.2) is 4.39 Å². The lowest BCUT2D eigenvalue weighted by molar-refractivity contribution is -0.121. The van der Waals surface area contributed by atoms with Gasteiger partial charge in [-0.15, -0.1) is 0 Å². The lowest BCUT2D eigenvalue weighted by atomic mass is 10.2. The number of nitrogens with two attached hydrogens (primary N) is 1. The van der Waals surface area contributed by atoms with Crippen LogP contribution in [0.3, 0.4) is 0 Å². The van der Waals surface area contributed by atoms with Crippen molar-refractivity contribution in [2.75, 3.05) is 24.2 Å². The Morgan fingerprint density at radius 1 is 1.47 bits per heavy atom. The number of halogens is 1. The molecule has 0 spiro atoms. The second-order valence-corrected chi connectivity index (χ2v) is 4.06. The molecule has 106 valence electrons. The van der Waals surface area contributed by atoms with Crippen LogP contribution in [0.5, 0.6) is 5.75 Å². The Hall–Kier alpha value is -1.98. The predicted octanol–water partition coefficient (Wildman–Crippen LogP) is 1.74. The van der Waals surface area contributed by atoms with Crippen LogP contribution in [0.15, 0.2) is 12.1 Å². The van der Waals surface area contributed by atoms with E-state index in [0.29, 0.717) is 18.8 Å². The zero-order valence-corrected chi connectivity index (χ0v) is 11.4. The minimum atomic E-state index is -0.518. The van der Waals surface area contributed by atoms with Crippen molar-refractivity contribution in [2.45, 2.75) is 26.8 Å². The molecule has 0 aromatic heterocycles. The summed E-state index contributed by atoms with van der Waals surface area (Å²) in [5.74, 6) is -0.554. The van der Waals surface area contributed by atoms with Crippen molar-refractivity contribution < 1.29 is 13.9 Å². The van der Waals surface area contributed by atoms with Gasteiger partial charge in [0.2, 0.25) is 5.91 Å². The van der Waals surface area contributed by atoms with E-state index in [1.807, 2.05) is 6.92 Å². The molecule has 0 heterocycles. The van der Waals surface area contributed by atoms with Crippen molar-refractivity contribution in [1.82, 2.24) is 5.32 Å². The fourth-order valence-electron chi connectivity index (χ4n) is 1.59. The second kappa shape index (κ2) is 6.82. The first kappa shape index (κ1) is 15.1. The zero-order valence-electron chi connectivity index (χ0n) is 11.4. The summed E-state index contributed by atoms with van der Waals surface area (Å²) in [6.45, 7) is 6.21. The lowest BCUT2D eigenvalue weighted by Gasteiger charge is -2.17. The number of carbonyl (C=O) groups is 1. The molecule has 0 fully saturated rings. The summed E-state index contributed by atoms with van der Waals surface area (Å²) in [5, 5.41) is 5.63. The smallest absolute Gasteiger partial charge is 0.242 e. The summed E-state index contributed by atoms with van der Waals surface area (Å²) in [6, 6.07) is 2.17. The molecule has 0 aliphatic carbocycles. The molecule has 4 N–H and O–H groups in total. The second-order valence-electron chi connectivity index (χ2n) is 4.06. The number of nitrogen functional groups attached to an aromatic ring is 1. The van der Waals surface area contributed by atoms with Gasteiger partial charge in [-0.3, -0.25) is 4.79 Å². The van der Waals surface area contributed by atoms with Crippen molar-refractivity contribution in [1.29, 1.82) is 0 Å². The third-order valence-corrected chi connectivity index (χ3v) is 2.52. The topological polar surface area (TPSA) is 76.4 Å². The van der Waals surface area contributed by atoms with E-state index in [-0.39, 0.29) is 17.3 Å². The number of ether oxygens (including phenoxy) is 1. The van der Waals surface area contributed by atoms with E-state index in [4.69, 9.17) is 10.5 Å². The predicted molar refractivity (Wildman–Crippen MR) is 73.7 cm³/mol. The Bertz CT molecular complexity index is 452. The van der Waals surface area contributed by atoms with Crippen LogP contribution in [-0.4, -0.2) is 25.1 Å². The molecule has 0 saturated carbocycles. The van der Waals surface area contributed by atoms with E-state index in [0.717, 1.165) is 0 Å². The van der Waals surface area contributed by atoms with Crippen LogP contribution in [-0.2, 0) is 4.79 Å². The van der Waals surface area contributed by atoms with E-state index in [2.05, 4.69) is 10.6 Å². The van der Waals surface area contributed by atoms with Gasteiger partial charge in [0.05, 0.1) is 18.0 Å². The molecule has 0 radical (unpaired) electrons. The summed E-state index contributed by atoms with van der Waals surface area (Å²) < 4.78 is 18.7. The van der Waals surface area contributed by atoms with Crippen LogP contribution in [0.2, 0.25) is 0 Å². The summed E-state index contributed by atoms with van der Waals surface area (Å²) in [4.78, 5) is 11.6. The Morgan fingerprint density at radius 2 is 2.16 bits per heavy atom. The van der Waals surface area contributed by atoms with Crippen molar-refractivity contribution in [2.24, 2.45) is 0 Å². The number of likely N-dealkylation sites (N-methyl/N-ethyl adjacent to an activating group) is 1. The number of hydrogen-bond acceptors (Lipinski definition) is 4. The van der Waals surface area contributed by atoms with Gasteiger partial charge in [-0.1, -0.05) is 0 Å². The first-order chi connectivity index (χ1) is 8.99. The van der Waals surface area contributed by atoms with Gasteiger partial charge in [-0.2, -0.15) is 0 Å². The number of hydrogen-bond donors (Lipinski definition) is 3. The first-order valence-corrected chi connectivity index (χ1v) is 6.25. The standard InChI is InChI=1S/C13H20FN3O2/c1-4-16-13(18)8(3)17-11-7-12(19-5-2)9(14)6-10(11)15/h6-8,17H,4-5,15H2,1-3H3,(H,16,18). The molecule has 1 atom stereocenters. The molecule has 1 rings (SSSR count). The number of amides is 1. The molecule has 0 aliphatic heterocycles. The minimum Gasteiger partial charge on any atom is -0.491 e. The third kappa shape index (κ3) is 4.01. The molecular formula is C13H20FN3O2. The number of benzene rings is 1. The number of anilines is 2. The van der Waals surface area contributed by atoms with E-state index in [9.17, 15) is 9.18 Å². The van der Waals surface area contributed by atoms with Crippen LogP contribution in [0.1, 0.15) is 20.8 Å². The fraction of sp³-hybridized carbons (Fsp3) is 0.462. The van der Waals surface area contributed by atoms with Crippen LogP contribution in [0.25, 0.3) is 0 Å². The molecule has 19 heavy (non-hydrogen) atoms. The third-order valence-electron chi connectivity index (χ3n) is 2.52. The molecule has 1 unspecified atom stereocenters.